The Bertz CT molecular complexity index is 216. The highest BCUT2D eigenvalue weighted by Crippen LogP contribution is 2.28. The number of rotatable bonds is 0. The van der Waals surface area contributed by atoms with Gasteiger partial charge in [0.05, 0.1) is 0 Å². The van der Waals surface area contributed by atoms with E-state index in [0.717, 1.165) is 0 Å². The molecule has 1 heterocycles. The molecule has 0 aliphatic carbocycles. The maximum absolute atomic E-state index is 3.37. The van der Waals surface area contributed by atoms with E-state index in [1.54, 1.807) is 0 Å². The van der Waals surface area contributed by atoms with E-state index in [4.69, 9.17) is 0 Å². The van der Waals surface area contributed by atoms with E-state index in [0.29, 0.717) is 0 Å². The summed E-state index contributed by atoms with van der Waals surface area (Å²) in [5.74, 6) is 6.09. The first-order chi connectivity index (χ1) is 5.33. The molecule has 58 valence electrons. The lowest BCUT2D eigenvalue weighted by atomic mass is 10.4. The summed E-state index contributed by atoms with van der Waals surface area (Å²) in [6, 6.07) is 2.63. The van der Waals surface area contributed by atoms with Crippen molar-refractivity contribution in [3.05, 3.63) is 0 Å². The lowest BCUT2D eigenvalue weighted by Crippen LogP contribution is -2.26. The summed E-state index contributed by atoms with van der Waals surface area (Å²) >= 11 is 0. The summed E-state index contributed by atoms with van der Waals surface area (Å²) in [7, 11) is -1.35. The first-order valence-electron chi connectivity index (χ1n) is 4.21. The van der Waals surface area contributed by atoms with E-state index in [1.807, 2.05) is 13.8 Å². The predicted molar refractivity (Wildman–Crippen MR) is 51.5 cm³/mol. The van der Waals surface area contributed by atoms with E-state index < -0.39 is 8.07 Å². The molecule has 0 spiro atoms. The van der Waals surface area contributed by atoms with Crippen molar-refractivity contribution in [2.24, 2.45) is 0 Å². The Hall–Kier alpha value is -0.663. The lowest BCUT2D eigenvalue weighted by Gasteiger charge is -2.09. The van der Waals surface area contributed by atoms with Gasteiger partial charge in [0.1, 0.15) is 0 Å². The number of hydrogen-bond acceptors (Lipinski definition) is 0. The molecule has 1 aliphatic rings. The normalized spacial score (nSPS) is 19.5. The second-order valence-corrected chi connectivity index (χ2v) is 6.70. The minimum atomic E-state index is -1.35. The van der Waals surface area contributed by atoms with Crippen molar-refractivity contribution in [2.45, 2.75) is 38.8 Å². The van der Waals surface area contributed by atoms with Crippen molar-refractivity contribution < 1.29 is 0 Å². The van der Waals surface area contributed by atoms with Gasteiger partial charge in [-0.15, -0.1) is 22.9 Å². The molecule has 0 aromatic carbocycles. The molecular weight excluding hydrogens is 148 g/mol. The van der Waals surface area contributed by atoms with Crippen LogP contribution in [0.15, 0.2) is 0 Å². The maximum Gasteiger partial charge on any atom is 0.216 e. The van der Waals surface area contributed by atoms with Crippen LogP contribution in [0.1, 0.15) is 26.7 Å². The van der Waals surface area contributed by atoms with Crippen LogP contribution in [0.5, 0.6) is 0 Å². The zero-order valence-corrected chi connectivity index (χ0v) is 8.33. The van der Waals surface area contributed by atoms with Crippen LogP contribution in [-0.4, -0.2) is 8.07 Å². The highest BCUT2D eigenvalue weighted by molar-refractivity contribution is 6.94. The first kappa shape index (κ1) is 8.43. The maximum atomic E-state index is 3.37. The second-order valence-electron chi connectivity index (χ2n) is 3.04. The van der Waals surface area contributed by atoms with Crippen LogP contribution in [0, 0.1) is 22.9 Å². The smallest absolute Gasteiger partial charge is 0.116 e. The fraction of sp³-hybridized carbons (Fsp3) is 0.600. The number of hydrogen-bond donors (Lipinski definition) is 0. The molecule has 0 nitrogen and oxygen atoms in total. The molecule has 1 heteroatoms. The summed E-state index contributed by atoms with van der Waals surface area (Å²) < 4.78 is 0. The molecule has 11 heavy (non-hydrogen) atoms. The van der Waals surface area contributed by atoms with Crippen molar-refractivity contribution >= 4 is 8.07 Å². The molecule has 0 atom stereocenters. The van der Waals surface area contributed by atoms with Gasteiger partial charge < -0.3 is 0 Å². The monoisotopic (exact) mass is 162 g/mol. The largest absolute Gasteiger partial charge is 0.216 e. The van der Waals surface area contributed by atoms with E-state index >= 15 is 0 Å². The standard InChI is InChI=1S/C10H14Si/c1-3-7-11(8-4-2)9-5-6-10-11/h5-6,9-10H2,1-2H3. The Kier molecular flexibility index (Phi) is 2.80. The van der Waals surface area contributed by atoms with Crippen molar-refractivity contribution in [1.82, 2.24) is 0 Å². The molecule has 0 radical (unpaired) electrons. The quantitative estimate of drug-likeness (QED) is 0.379. The van der Waals surface area contributed by atoms with E-state index in [1.165, 1.54) is 24.9 Å². The molecule has 0 N–H and O–H groups in total. The van der Waals surface area contributed by atoms with Gasteiger partial charge in [-0.05, 0) is 25.9 Å². The molecule has 1 aliphatic heterocycles. The summed E-state index contributed by atoms with van der Waals surface area (Å²) in [6.45, 7) is 3.87. The molecule has 1 fully saturated rings. The molecule has 1 rings (SSSR count). The SMILES string of the molecule is CC#C[Si]1(C#CC)CCCC1. The van der Waals surface area contributed by atoms with Crippen LogP contribution < -0.4 is 0 Å². The summed E-state index contributed by atoms with van der Waals surface area (Å²) in [5, 5.41) is 0. The van der Waals surface area contributed by atoms with Gasteiger partial charge in [-0.1, -0.05) is 12.8 Å². The van der Waals surface area contributed by atoms with Gasteiger partial charge in [0.25, 0.3) is 0 Å². The summed E-state index contributed by atoms with van der Waals surface area (Å²) in [4.78, 5) is 0. The summed E-state index contributed by atoms with van der Waals surface area (Å²) in [5.41, 5.74) is 6.75. The van der Waals surface area contributed by atoms with Crippen LogP contribution in [0.3, 0.4) is 0 Å². The van der Waals surface area contributed by atoms with Gasteiger partial charge in [0.2, 0.25) is 8.07 Å². The average Bonchev–Trinajstić information content (AvgIpc) is 2.39. The second kappa shape index (κ2) is 3.65. The molecule has 0 saturated carbocycles. The molecule has 0 aromatic rings. The fourth-order valence-corrected chi connectivity index (χ4v) is 5.22. The van der Waals surface area contributed by atoms with Gasteiger partial charge in [-0.25, -0.2) is 0 Å². The average molecular weight is 162 g/mol. The Morgan fingerprint density at radius 3 is 1.73 bits per heavy atom. The molecule has 0 bridgehead atoms. The van der Waals surface area contributed by atoms with Crippen LogP contribution in [0.25, 0.3) is 0 Å². The zero-order valence-electron chi connectivity index (χ0n) is 7.33. The Morgan fingerprint density at radius 1 is 0.909 bits per heavy atom. The van der Waals surface area contributed by atoms with E-state index in [9.17, 15) is 0 Å². The Labute approximate surface area is 70.4 Å². The van der Waals surface area contributed by atoms with E-state index in [-0.39, 0.29) is 0 Å². The lowest BCUT2D eigenvalue weighted by molar-refractivity contribution is 0.935. The molecule has 0 aromatic heterocycles. The third-order valence-electron chi connectivity index (χ3n) is 2.19. The van der Waals surface area contributed by atoms with Crippen molar-refractivity contribution in [1.29, 1.82) is 0 Å². The Balaban J connectivity index is 2.81. The summed E-state index contributed by atoms with van der Waals surface area (Å²) in [6.07, 6.45) is 2.71. The minimum Gasteiger partial charge on any atom is -0.116 e. The van der Waals surface area contributed by atoms with Crippen LogP contribution in [0.2, 0.25) is 12.1 Å². The Morgan fingerprint density at radius 2 is 1.36 bits per heavy atom. The van der Waals surface area contributed by atoms with E-state index in [2.05, 4.69) is 22.9 Å². The van der Waals surface area contributed by atoms with Crippen molar-refractivity contribution in [3.8, 4) is 22.9 Å². The highest BCUT2D eigenvalue weighted by Gasteiger charge is 2.33. The van der Waals surface area contributed by atoms with Crippen molar-refractivity contribution in [2.75, 3.05) is 0 Å². The van der Waals surface area contributed by atoms with Crippen LogP contribution >= 0.6 is 0 Å². The van der Waals surface area contributed by atoms with Gasteiger partial charge in [0.15, 0.2) is 0 Å². The molecule has 0 amide bonds. The third kappa shape index (κ3) is 1.88. The molecule has 1 saturated heterocycles. The third-order valence-corrected chi connectivity index (χ3v) is 6.06. The molecule has 0 unspecified atom stereocenters. The highest BCUT2D eigenvalue weighted by atomic mass is 28.3. The van der Waals surface area contributed by atoms with Crippen molar-refractivity contribution in [3.63, 3.8) is 0 Å². The first-order valence-corrected chi connectivity index (χ1v) is 6.62. The topological polar surface area (TPSA) is 0 Å². The molecular formula is C10H14Si. The fourth-order valence-electron chi connectivity index (χ4n) is 1.74. The van der Waals surface area contributed by atoms with Gasteiger partial charge in [-0.3, -0.25) is 0 Å². The van der Waals surface area contributed by atoms with Gasteiger partial charge in [-0.2, -0.15) is 0 Å². The van der Waals surface area contributed by atoms with Gasteiger partial charge in [0, 0.05) is 0 Å². The van der Waals surface area contributed by atoms with Crippen LogP contribution in [0.4, 0.5) is 0 Å². The predicted octanol–water partition coefficient (Wildman–Crippen LogP) is 2.35. The van der Waals surface area contributed by atoms with Crippen LogP contribution in [-0.2, 0) is 0 Å². The van der Waals surface area contributed by atoms with Gasteiger partial charge >= 0.3 is 0 Å². The zero-order chi connectivity index (χ0) is 8.16. The minimum absolute atomic E-state index is 1.31.